The zero-order valence-electron chi connectivity index (χ0n) is 15.2. The number of nitrogens with zero attached hydrogens (tertiary/aromatic N) is 1. The summed E-state index contributed by atoms with van der Waals surface area (Å²) in [4.78, 5) is 16.6. The standard InChI is InChI=1S/C20H21N3O3S2/c24-19(21-11-15-4-2-1-3-5-15)10-14-6-8-16(9-7-14)22-20-23-17-12-28(25,26)13-18(17)27-20/h1-9,17-18H,10-13H2,(H,21,24)(H,22,23)/t17-,18-/m1/s1. The summed E-state index contributed by atoms with van der Waals surface area (Å²) < 4.78 is 23.3. The van der Waals surface area contributed by atoms with E-state index < -0.39 is 9.84 Å². The molecule has 6 nitrogen and oxygen atoms in total. The van der Waals surface area contributed by atoms with Crippen LogP contribution >= 0.6 is 11.8 Å². The summed E-state index contributed by atoms with van der Waals surface area (Å²) in [6.45, 7) is 0.522. The Morgan fingerprint density at radius 1 is 1.04 bits per heavy atom. The van der Waals surface area contributed by atoms with Gasteiger partial charge < -0.3 is 10.6 Å². The number of aliphatic imine (C=N–C) groups is 1. The lowest BCUT2D eigenvalue weighted by Crippen LogP contribution is -2.24. The minimum absolute atomic E-state index is 0.0191. The second kappa shape index (κ2) is 7.97. The van der Waals surface area contributed by atoms with E-state index in [1.807, 2.05) is 54.6 Å². The van der Waals surface area contributed by atoms with Crippen LogP contribution in [0.5, 0.6) is 0 Å². The number of carbonyl (C=O) groups excluding carboxylic acids is 1. The number of hydrogen-bond acceptors (Lipinski definition) is 6. The summed E-state index contributed by atoms with van der Waals surface area (Å²) in [6.07, 6.45) is 0.324. The van der Waals surface area contributed by atoms with E-state index in [-0.39, 0.29) is 28.7 Å². The molecule has 146 valence electrons. The molecule has 28 heavy (non-hydrogen) atoms. The van der Waals surface area contributed by atoms with E-state index in [1.165, 1.54) is 11.8 Å². The predicted molar refractivity (Wildman–Crippen MR) is 113 cm³/mol. The molecule has 8 heteroatoms. The second-order valence-corrected chi connectivity index (χ2v) is 10.4. The van der Waals surface area contributed by atoms with E-state index in [9.17, 15) is 13.2 Å². The highest BCUT2D eigenvalue weighted by Gasteiger charge is 2.42. The number of benzene rings is 2. The molecule has 1 amide bonds. The summed E-state index contributed by atoms with van der Waals surface area (Å²) in [6, 6.07) is 17.3. The van der Waals surface area contributed by atoms with Crippen LogP contribution in [0.2, 0.25) is 0 Å². The summed E-state index contributed by atoms with van der Waals surface area (Å²) in [5.41, 5.74) is 2.88. The number of anilines is 1. The quantitative estimate of drug-likeness (QED) is 0.782. The van der Waals surface area contributed by atoms with E-state index >= 15 is 0 Å². The van der Waals surface area contributed by atoms with Crippen molar-refractivity contribution in [1.29, 1.82) is 0 Å². The lowest BCUT2D eigenvalue weighted by Gasteiger charge is -2.08. The van der Waals surface area contributed by atoms with Crippen molar-refractivity contribution in [2.75, 3.05) is 16.8 Å². The van der Waals surface area contributed by atoms with Crippen LogP contribution in [0.1, 0.15) is 11.1 Å². The molecule has 4 rings (SSSR count). The molecule has 2 aliphatic rings. The molecule has 1 fully saturated rings. The number of amides is 1. The van der Waals surface area contributed by atoms with Gasteiger partial charge in [-0.05, 0) is 23.3 Å². The summed E-state index contributed by atoms with van der Waals surface area (Å²) in [5, 5.41) is 6.96. The normalized spacial score (nSPS) is 22.4. The van der Waals surface area contributed by atoms with E-state index in [0.29, 0.717) is 13.0 Å². The lowest BCUT2D eigenvalue weighted by molar-refractivity contribution is -0.120. The summed E-state index contributed by atoms with van der Waals surface area (Å²) >= 11 is 1.49. The predicted octanol–water partition coefficient (Wildman–Crippen LogP) is 2.23. The molecule has 0 spiro atoms. The van der Waals surface area contributed by atoms with Crippen LogP contribution < -0.4 is 10.6 Å². The molecule has 0 unspecified atom stereocenters. The highest BCUT2D eigenvalue weighted by atomic mass is 32.2. The monoisotopic (exact) mass is 415 g/mol. The average Bonchev–Trinajstić information content (AvgIpc) is 3.15. The van der Waals surface area contributed by atoms with Gasteiger partial charge in [-0.15, -0.1) is 0 Å². The fraction of sp³-hybridized carbons (Fsp3) is 0.300. The van der Waals surface area contributed by atoms with Crippen molar-refractivity contribution in [3.8, 4) is 0 Å². The molecule has 2 aromatic rings. The first-order valence-corrected chi connectivity index (χ1v) is 11.8. The Morgan fingerprint density at radius 2 is 1.79 bits per heavy atom. The third-order valence-electron chi connectivity index (χ3n) is 4.72. The molecule has 2 N–H and O–H groups in total. The van der Waals surface area contributed by atoms with Crippen LogP contribution in [0.25, 0.3) is 0 Å². The van der Waals surface area contributed by atoms with E-state index in [4.69, 9.17) is 0 Å². The van der Waals surface area contributed by atoms with Gasteiger partial charge in [0, 0.05) is 17.5 Å². The summed E-state index contributed by atoms with van der Waals surface area (Å²) in [5.74, 6) is 0.329. The first-order valence-electron chi connectivity index (χ1n) is 9.08. The van der Waals surface area contributed by atoms with Gasteiger partial charge in [0.1, 0.15) is 0 Å². The third-order valence-corrected chi connectivity index (χ3v) is 7.86. The number of rotatable bonds is 5. The second-order valence-electron chi connectivity index (χ2n) is 7.00. The molecule has 2 atom stereocenters. The largest absolute Gasteiger partial charge is 0.352 e. The van der Waals surface area contributed by atoms with Crippen LogP contribution in [0.4, 0.5) is 5.69 Å². The van der Waals surface area contributed by atoms with Gasteiger partial charge in [-0.2, -0.15) is 0 Å². The minimum atomic E-state index is -2.94. The van der Waals surface area contributed by atoms with Crippen LogP contribution in [0, 0.1) is 0 Å². The van der Waals surface area contributed by atoms with Gasteiger partial charge in [0.15, 0.2) is 15.0 Å². The molecule has 0 aliphatic carbocycles. The maximum atomic E-state index is 12.1. The van der Waals surface area contributed by atoms with Crippen molar-refractivity contribution < 1.29 is 13.2 Å². The Kier molecular flexibility index (Phi) is 5.41. The van der Waals surface area contributed by atoms with E-state index in [0.717, 1.165) is 22.0 Å². The van der Waals surface area contributed by atoms with Crippen molar-refractivity contribution in [1.82, 2.24) is 5.32 Å². The van der Waals surface area contributed by atoms with Crippen molar-refractivity contribution in [3.05, 3.63) is 65.7 Å². The minimum Gasteiger partial charge on any atom is -0.352 e. The molecule has 2 aromatic carbocycles. The molecule has 1 saturated heterocycles. The van der Waals surface area contributed by atoms with Gasteiger partial charge in [-0.3, -0.25) is 9.79 Å². The van der Waals surface area contributed by atoms with E-state index in [1.54, 1.807) is 0 Å². The Labute approximate surface area is 168 Å². The van der Waals surface area contributed by atoms with Crippen molar-refractivity contribution in [2.24, 2.45) is 4.99 Å². The van der Waals surface area contributed by atoms with Crippen molar-refractivity contribution in [2.45, 2.75) is 24.3 Å². The number of nitrogens with one attached hydrogen (secondary N) is 2. The molecular weight excluding hydrogens is 394 g/mol. The number of amidine groups is 1. The molecule has 0 radical (unpaired) electrons. The number of carbonyl (C=O) groups is 1. The fourth-order valence-corrected chi connectivity index (χ4v) is 6.97. The Bertz CT molecular complexity index is 989. The van der Waals surface area contributed by atoms with Gasteiger partial charge in [-0.1, -0.05) is 54.2 Å². The van der Waals surface area contributed by atoms with Crippen LogP contribution in [-0.4, -0.2) is 42.3 Å². The van der Waals surface area contributed by atoms with Gasteiger partial charge >= 0.3 is 0 Å². The molecule has 0 aromatic heterocycles. The van der Waals surface area contributed by atoms with Crippen LogP contribution in [-0.2, 0) is 27.6 Å². The van der Waals surface area contributed by atoms with Gasteiger partial charge in [0.05, 0.1) is 24.0 Å². The van der Waals surface area contributed by atoms with E-state index in [2.05, 4.69) is 15.6 Å². The van der Waals surface area contributed by atoms with Gasteiger partial charge in [0.25, 0.3) is 0 Å². The number of sulfone groups is 1. The van der Waals surface area contributed by atoms with Crippen LogP contribution in [0.3, 0.4) is 0 Å². The zero-order chi connectivity index (χ0) is 19.6. The summed E-state index contributed by atoms with van der Waals surface area (Å²) in [7, 11) is -2.94. The molecular formula is C20H21N3O3S2. The number of hydrogen-bond donors (Lipinski definition) is 2. The number of fused-ring (bicyclic) bond motifs is 1. The molecule has 2 aliphatic heterocycles. The Morgan fingerprint density at radius 3 is 2.50 bits per heavy atom. The Hall–Kier alpha value is -2.32. The SMILES string of the molecule is O=C(Cc1ccc(NC2=N[C@@H]3CS(=O)(=O)C[C@H]3S2)cc1)NCc1ccccc1. The van der Waals surface area contributed by atoms with Gasteiger partial charge in [0.2, 0.25) is 5.91 Å². The zero-order valence-corrected chi connectivity index (χ0v) is 16.8. The first kappa shape index (κ1) is 19.0. The molecule has 0 bridgehead atoms. The average molecular weight is 416 g/mol. The van der Waals surface area contributed by atoms with Crippen molar-refractivity contribution in [3.63, 3.8) is 0 Å². The lowest BCUT2D eigenvalue weighted by atomic mass is 10.1. The van der Waals surface area contributed by atoms with Gasteiger partial charge in [-0.25, -0.2) is 8.42 Å². The fourth-order valence-electron chi connectivity index (χ4n) is 3.29. The third kappa shape index (κ3) is 4.74. The topological polar surface area (TPSA) is 87.6 Å². The maximum absolute atomic E-state index is 12.1. The smallest absolute Gasteiger partial charge is 0.224 e. The highest BCUT2D eigenvalue weighted by Crippen LogP contribution is 2.34. The number of thioether (sulfide) groups is 1. The van der Waals surface area contributed by atoms with Crippen LogP contribution in [0.15, 0.2) is 59.6 Å². The van der Waals surface area contributed by atoms with Crippen molar-refractivity contribution >= 4 is 38.4 Å². The molecule has 0 saturated carbocycles. The Balaban J connectivity index is 1.28. The maximum Gasteiger partial charge on any atom is 0.224 e. The first-order chi connectivity index (χ1) is 13.5. The highest BCUT2D eigenvalue weighted by molar-refractivity contribution is 8.15. The molecule has 2 heterocycles.